The number of hydrogen-bond donors (Lipinski definition) is 2. The number of aliphatic hydroxyl groups excluding tert-OH is 1. The van der Waals surface area contributed by atoms with Crippen molar-refractivity contribution in [3.63, 3.8) is 0 Å². The first-order valence-electron chi connectivity index (χ1n) is 7.19. The highest BCUT2D eigenvalue weighted by Crippen LogP contribution is 2.28. The summed E-state index contributed by atoms with van der Waals surface area (Å²) in [6, 6.07) is 5.86. The lowest BCUT2D eigenvalue weighted by molar-refractivity contribution is 0.0938. The van der Waals surface area contributed by atoms with Crippen LogP contribution in [0.1, 0.15) is 40.7 Å². The molecule has 2 atom stereocenters. The van der Waals surface area contributed by atoms with Crippen LogP contribution in [0.4, 0.5) is 0 Å². The van der Waals surface area contributed by atoms with Crippen LogP contribution in [0.2, 0.25) is 0 Å². The van der Waals surface area contributed by atoms with Crippen LogP contribution >= 0.6 is 11.8 Å². The number of benzene rings is 1. The minimum atomic E-state index is -0.202. The van der Waals surface area contributed by atoms with Crippen LogP contribution in [0.15, 0.2) is 18.2 Å². The van der Waals surface area contributed by atoms with Gasteiger partial charge in [0, 0.05) is 16.9 Å². The van der Waals surface area contributed by atoms with E-state index in [4.69, 9.17) is 5.11 Å². The van der Waals surface area contributed by atoms with Crippen molar-refractivity contribution >= 4 is 17.7 Å². The molecule has 0 heterocycles. The first-order valence-corrected chi connectivity index (χ1v) is 8.48. The summed E-state index contributed by atoms with van der Waals surface area (Å²) in [5, 5.41) is 12.5. The van der Waals surface area contributed by atoms with E-state index in [0.717, 1.165) is 18.4 Å². The number of hydrogen-bond acceptors (Lipinski definition) is 3. The SMILES string of the molecule is CSC1CCCC1NC(=O)c1ccc(C)cc1C#CCO. The van der Waals surface area contributed by atoms with E-state index in [9.17, 15) is 4.79 Å². The molecule has 1 aliphatic carbocycles. The molecule has 4 heteroatoms. The molecule has 0 aromatic heterocycles. The summed E-state index contributed by atoms with van der Waals surface area (Å²) in [5.74, 6) is 5.42. The second kappa shape index (κ2) is 7.53. The van der Waals surface area contributed by atoms with Crippen molar-refractivity contribution in [2.45, 2.75) is 37.5 Å². The molecule has 1 saturated carbocycles. The fourth-order valence-electron chi connectivity index (χ4n) is 2.71. The highest BCUT2D eigenvalue weighted by Gasteiger charge is 2.28. The van der Waals surface area contributed by atoms with Crippen molar-refractivity contribution in [2.24, 2.45) is 0 Å². The van der Waals surface area contributed by atoms with Gasteiger partial charge in [-0.1, -0.05) is 24.3 Å². The molecule has 3 nitrogen and oxygen atoms in total. The number of carbonyl (C=O) groups excluding carboxylic acids is 1. The molecule has 1 amide bonds. The van der Waals surface area contributed by atoms with Gasteiger partial charge in [-0.3, -0.25) is 4.79 Å². The number of aliphatic hydroxyl groups is 1. The molecule has 1 aliphatic rings. The van der Waals surface area contributed by atoms with Crippen molar-refractivity contribution in [2.75, 3.05) is 12.9 Å². The zero-order chi connectivity index (χ0) is 15.2. The summed E-state index contributed by atoms with van der Waals surface area (Å²) in [6.07, 6.45) is 5.47. The molecule has 21 heavy (non-hydrogen) atoms. The quantitative estimate of drug-likeness (QED) is 0.843. The van der Waals surface area contributed by atoms with Crippen LogP contribution in [-0.2, 0) is 0 Å². The number of aryl methyl sites for hydroxylation is 1. The number of nitrogens with one attached hydrogen (secondary N) is 1. The van der Waals surface area contributed by atoms with Gasteiger partial charge in [-0.2, -0.15) is 11.8 Å². The Balaban J connectivity index is 2.18. The van der Waals surface area contributed by atoms with E-state index in [-0.39, 0.29) is 18.6 Å². The van der Waals surface area contributed by atoms with Gasteiger partial charge in [0.2, 0.25) is 0 Å². The number of thioether (sulfide) groups is 1. The first kappa shape index (κ1) is 15.9. The van der Waals surface area contributed by atoms with E-state index in [1.165, 1.54) is 6.42 Å². The van der Waals surface area contributed by atoms with E-state index in [2.05, 4.69) is 23.4 Å². The molecule has 0 spiro atoms. The predicted molar refractivity (Wildman–Crippen MR) is 87.6 cm³/mol. The van der Waals surface area contributed by atoms with E-state index in [1.54, 1.807) is 0 Å². The number of rotatable bonds is 3. The fraction of sp³-hybridized carbons (Fsp3) is 0.471. The minimum absolute atomic E-state index is 0.0665. The highest BCUT2D eigenvalue weighted by molar-refractivity contribution is 7.99. The molecule has 2 rings (SSSR count). The van der Waals surface area contributed by atoms with Crippen molar-refractivity contribution in [1.82, 2.24) is 5.32 Å². The Hall–Kier alpha value is -1.44. The summed E-state index contributed by atoms with van der Waals surface area (Å²) in [6.45, 7) is 1.76. The molecule has 0 saturated heterocycles. The van der Waals surface area contributed by atoms with Crippen LogP contribution in [0.25, 0.3) is 0 Å². The summed E-state index contributed by atoms with van der Waals surface area (Å²) >= 11 is 1.82. The molecule has 1 aromatic carbocycles. The maximum atomic E-state index is 12.5. The first-order chi connectivity index (χ1) is 10.2. The molecule has 2 unspecified atom stereocenters. The summed E-state index contributed by atoms with van der Waals surface area (Å²) in [4.78, 5) is 12.5. The normalized spacial score (nSPS) is 20.7. The molecular weight excluding hydrogens is 282 g/mol. The lowest BCUT2D eigenvalue weighted by Crippen LogP contribution is -2.38. The monoisotopic (exact) mass is 303 g/mol. The standard InChI is InChI=1S/C17H21NO2S/c1-12-8-9-14(13(11-12)5-4-10-19)17(20)18-15-6-3-7-16(15)21-2/h8-9,11,15-16,19H,3,6-7,10H2,1-2H3,(H,18,20). The Kier molecular flexibility index (Phi) is 5.72. The Labute approximate surface area is 130 Å². The zero-order valence-electron chi connectivity index (χ0n) is 12.5. The van der Waals surface area contributed by atoms with E-state index in [1.807, 2.05) is 36.9 Å². The van der Waals surface area contributed by atoms with Crippen molar-refractivity contribution < 1.29 is 9.90 Å². The van der Waals surface area contributed by atoms with Gasteiger partial charge in [0.15, 0.2) is 0 Å². The van der Waals surface area contributed by atoms with Crippen LogP contribution in [0.5, 0.6) is 0 Å². The van der Waals surface area contributed by atoms with Gasteiger partial charge in [0.05, 0.1) is 5.56 Å². The lowest BCUT2D eigenvalue weighted by atomic mass is 10.0. The van der Waals surface area contributed by atoms with Gasteiger partial charge < -0.3 is 10.4 Å². The van der Waals surface area contributed by atoms with Gasteiger partial charge in [0.1, 0.15) is 6.61 Å². The second-order valence-electron chi connectivity index (χ2n) is 5.29. The van der Waals surface area contributed by atoms with Gasteiger partial charge in [-0.25, -0.2) is 0 Å². The largest absolute Gasteiger partial charge is 0.384 e. The molecule has 1 fully saturated rings. The van der Waals surface area contributed by atoms with Crippen molar-refractivity contribution in [3.8, 4) is 11.8 Å². The number of carbonyl (C=O) groups is 1. The summed E-state index contributed by atoms with van der Waals surface area (Å²) < 4.78 is 0. The van der Waals surface area contributed by atoms with Gasteiger partial charge >= 0.3 is 0 Å². The molecule has 0 bridgehead atoms. The van der Waals surface area contributed by atoms with Crippen LogP contribution in [0, 0.1) is 18.8 Å². The van der Waals surface area contributed by atoms with Crippen LogP contribution in [0.3, 0.4) is 0 Å². The number of amides is 1. The topological polar surface area (TPSA) is 49.3 Å². The van der Waals surface area contributed by atoms with E-state index >= 15 is 0 Å². The van der Waals surface area contributed by atoms with Gasteiger partial charge in [-0.05, 0) is 43.7 Å². The van der Waals surface area contributed by atoms with Gasteiger partial charge in [-0.15, -0.1) is 0 Å². The molecule has 112 valence electrons. The van der Waals surface area contributed by atoms with Crippen molar-refractivity contribution in [1.29, 1.82) is 0 Å². The fourth-order valence-corrected chi connectivity index (χ4v) is 3.65. The van der Waals surface area contributed by atoms with Crippen LogP contribution in [-0.4, -0.2) is 35.2 Å². The smallest absolute Gasteiger partial charge is 0.252 e. The Morgan fingerprint density at radius 2 is 2.29 bits per heavy atom. The minimum Gasteiger partial charge on any atom is -0.384 e. The maximum Gasteiger partial charge on any atom is 0.252 e. The van der Waals surface area contributed by atoms with Crippen LogP contribution < -0.4 is 5.32 Å². The highest BCUT2D eigenvalue weighted by atomic mass is 32.2. The third-order valence-corrected chi connectivity index (χ3v) is 4.96. The average Bonchev–Trinajstić information content (AvgIpc) is 2.92. The molecular formula is C17H21NO2S. The van der Waals surface area contributed by atoms with E-state index < -0.39 is 0 Å². The molecule has 2 N–H and O–H groups in total. The third-order valence-electron chi connectivity index (χ3n) is 3.79. The Morgan fingerprint density at radius 3 is 3.00 bits per heavy atom. The molecule has 0 aliphatic heterocycles. The van der Waals surface area contributed by atoms with Crippen molar-refractivity contribution in [3.05, 3.63) is 34.9 Å². The second-order valence-corrected chi connectivity index (χ2v) is 6.37. The molecule has 1 aromatic rings. The predicted octanol–water partition coefficient (Wildman–Crippen LogP) is 2.35. The third kappa shape index (κ3) is 4.03. The summed E-state index contributed by atoms with van der Waals surface area (Å²) in [7, 11) is 0. The Bertz CT molecular complexity index is 574. The van der Waals surface area contributed by atoms with E-state index in [0.29, 0.717) is 16.4 Å². The molecule has 0 radical (unpaired) electrons. The Morgan fingerprint density at radius 1 is 1.48 bits per heavy atom. The zero-order valence-corrected chi connectivity index (χ0v) is 13.3. The lowest BCUT2D eigenvalue weighted by Gasteiger charge is -2.19. The summed E-state index contributed by atoms with van der Waals surface area (Å²) in [5.41, 5.74) is 2.32. The maximum absolute atomic E-state index is 12.5. The van der Waals surface area contributed by atoms with Gasteiger partial charge in [0.25, 0.3) is 5.91 Å². The average molecular weight is 303 g/mol.